The molecule has 0 aliphatic heterocycles. The first-order valence-electron chi connectivity index (χ1n) is 7.46. The van der Waals surface area contributed by atoms with E-state index in [1.165, 1.54) is 0 Å². The Morgan fingerprint density at radius 3 is 2.42 bits per heavy atom. The summed E-state index contributed by atoms with van der Waals surface area (Å²) >= 11 is 3.32. The molecule has 24 heavy (non-hydrogen) atoms. The van der Waals surface area contributed by atoms with Crippen molar-refractivity contribution in [1.82, 2.24) is 0 Å². The molecule has 0 saturated heterocycles. The molecule has 122 valence electrons. The number of hydrogen-bond acceptors (Lipinski definition) is 4. The minimum Gasteiger partial charge on any atom is -0.449 e. The topological polar surface area (TPSA) is 56.5 Å². The van der Waals surface area contributed by atoms with Gasteiger partial charge in [0.1, 0.15) is 5.58 Å². The second-order valence-corrected chi connectivity index (χ2v) is 6.39. The molecule has 1 atom stereocenters. The van der Waals surface area contributed by atoms with E-state index in [4.69, 9.17) is 9.15 Å². The molecule has 4 nitrogen and oxygen atoms in total. The maximum atomic E-state index is 12.4. The van der Waals surface area contributed by atoms with Crippen molar-refractivity contribution in [2.75, 3.05) is 0 Å². The molecule has 3 aromatic rings. The Morgan fingerprint density at radius 1 is 1.08 bits per heavy atom. The van der Waals surface area contributed by atoms with Crippen molar-refractivity contribution >= 4 is 38.7 Å². The monoisotopic (exact) mass is 386 g/mol. The molecule has 0 unspecified atom stereocenters. The summed E-state index contributed by atoms with van der Waals surface area (Å²) in [5, 5.41) is 0.858. The van der Waals surface area contributed by atoms with Crippen LogP contribution in [0.2, 0.25) is 0 Å². The number of ether oxygens (including phenoxy) is 1. The summed E-state index contributed by atoms with van der Waals surface area (Å²) in [7, 11) is 0. The number of aryl methyl sites for hydroxylation is 1. The second kappa shape index (κ2) is 6.61. The first-order chi connectivity index (χ1) is 11.5. The summed E-state index contributed by atoms with van der Waals surface area (Å²) in [6.45, 7) is 3.35. The first-order valence-corrected chi connectivity index (χ1v) is 8.25. The molecule has 2 aromatic carbocycles. The second-order valence-electron chi connectivity index (χ2n) is 5.47. The van der Waals surface area contributed by atoms with Gasteiger partial charge in [-0.3, -0.25) is 4.79 Å². The van der Waals surface area contributed by atoms with Crippen LogP contribution in [0, 0.1) is 6.92 Å². The molecule has 0 aliphatic carbocycles. The Labute approximate surface area is 147 Å². The van der Waals surface area contributed by atoms with Crippen LogP contribution in [0.25, 0.3) is 11.0 Å². The third kappa shape index (κ3) is 3.12. The maximum Gasteiger partial charge on any atom is 0.375 e. The summed E-state index contributed by atoms with van der Waals surface area (Å²) in [6, 6.07) is 14.3. The van der Waals surface area contributed by atoms with Gasteiger partial charge in [0.2, 0.25) is 11.5 Å². The highest BCUT2D eigenvalue weighted by atomic mass is 79.9. The number of Topliss-reactive ketones (excluding diaryl/α,β-unsaturated/α-hetero) is 1. The van der Waals surface area contributed by atoms with Crippen molar-refractivity contribution in [2.45, 2.75) is 20.0 Å². The fourth-order valence-corrected chi connectivity index (χ4v) is 2.75. The SMILES string of the molecule is Cc1c(C(=O)O[C@@H](C)C(=O)c2ccc(Br)cc2)oc2ccccc12. The Hall–Kier alpha value is -2.40. The minimum atomic E-state index is -0.897. The smallest absolute Gasteiger partial charge is 0.375 e. The Balaban J connectivity index is 1.79. The van der Waals surface area contributed by atoms with Gasteiger partial charge in [-0.05, 0) is 32.0 Å². The number of fused-ring (bicyclic) bond motifs is 1. The fourth-order valence-electron chi connectivity index (χ4n) is 2.49. The van der Waals surface area contributed by atoms with Crippen molar-refractivity contribution in [1.29, 1.82) is 0 Å². The molecule has 0 aliphatic rings. The fraction of sp³-hybridized carbons (Fsp3) is 0.158. The van der Waals surface area contributed by atoms with Crippen LogP contribution in [-0.2, 0) is 4.74 Å². The zero-order valence-corrected chi connectivity index (χ0v) is 14.8. The number of carbonyl (C=O) groups excluding carboxylic acids is 2. The molecule has 0 fully saturated rings. The molecule has 0 amide bonds. The maximum absolute atomic E-state index is 12.4. The highest BCUT2D eigenvalue weighted by molar-refractivity contribution is 9.10. The quantitative estimate of drug-likeness (QED) is 0.471. The molecular weight excluding hydrogens is 372 g/mol. The van der Waals surface area contributed by atoms with E-state index in [0.717, 1.165) is 9.86 Å². The Kier molecular flexibility index (Phi) is 4.53. The van der Waals surface area contributed by atoms with Crippen LogP contribution in [0.1, 0.15) is 33.4 Å². The van der Waals surface area contributed by atoms with Gasteiger partial charge < -0.3 is 9.15 Å². The van der Waals surface area contributed by atoms with E-state index in [-0.39, 0.29) is 11.5 Å². The van der Waals surface area contributed by atoms with Crippen molar-refractivity contribution in [3.05, 3.63) is 69.9 Å². The number of halogens is 1. The van der Waals surface area contributed by atoms with Crippen molar-refractivity contribution < 1.29 is 18.7 Å². The van der Waals surface area contributed by atoms with Crippen molar-refractivity contribution in [3.8, 4) is 0 Å². The highest BCUT2D eigenvalue weighted by Crippen LogP contribution is 2.26. The lowest BCUT2D eigenvalue weighted by molar-refractivity contribution is 0.0290. The first kappa shape index (κ1) is 16.5. The number of furan rings is 1. The largest absolute Gasteiger partial charge is 0.449 e. The van der Waals surface area contributed by atoms with Crippen LogP contribution in [-0.4, -0.2) is 17.9 Å². The Bertz CT molecular complexity index is 909. The van der Waals surface area contributed by atoms with Gasteiger partial charge in [-0.25, -0.2) is 4.79 Å². The van der Waals surface area contributed by atoms with E-state index < -0.39 is 12.1 Å². The minimum absolute atomic E-state index is 0.131. The van der Waals surface area contributed by atoms with Crippen LogP contribution in [0.15, 0.2) is 57.4 Å². The van der Waals surface area contributed by atoms with Gasteiger partial charge in [0.15, 0.2) is 6.10 Å². The lowest BCUT2D eigenvalue weighted by Crippen LogP contribution is -2.24. The number of rotatable bonds is 4. The van der Waals surface area contributed by atoms with Crippen LogP contribution >= 0.6 is 15.9 Å². The molecule has 1 aromatic heterocycles. The lowest BCUT2D eigenvalue weighted by atomic mass is 10.1. The molecule has 0 spiro atoms. The number of benzene rings is 2. The summed E-state index contributed by atoms with van der Waals surface area (Å²) in [4.78, 5) is 24.7. The van der Waals surface area contributed by atoms with Crippen LogP contribution in [0.3, 0.4) is 0 Å². The molecule has 5 heteroatoms. The number of hydrogen-bond donors (Lipinski definition) is 0. The van der Waals surface area contributed by atoms with E-state index in [2.05, 4.69) is 15.9 Å². The number of para-hydroxylation sites is 1. The van der Waals surface area contributed by atoms with Crippen molar-refractivity contribution in [3.63, 3.8) is 0 Å². The number of ketones is 1. The summed E-state index contributed by atoms with van der Waals surface area (Å²) in [5.41, 5.74) is 1.81. The summed E-state index contributed by atoms with van der Waals surface area (Å²) < 4.78 is 11.7. The molecule has 0 N–H and O–H groups in total. The summed E-state index contributed by atoms with van der Waals surface area (Å²) in [5.74, 6) is -0.766. The van der Waals surface area contributed by atoms with E-state index in [1.54, 1.807) is 44.2 Å². The average molecular weight is 387 g/mol. The standard InChI is InChI=1S/C19H15BrO4/c1-11-15-5-3-4-6-16(15)24-18(11)19(22)23-12(2)17(21)13-7-9-14(20)10-8-13/h3-10,12H,1-2H3/t12-/m0/s1. The number of carbonyl (C=O) groups is 2. The predicted molar refractivity (Wildman–Crippen MR) is 94.3 cm³/mol. The van der Waals surface area contributed by atoms with Gasteiger partial charge >= 0.3 is 5.97 Å². The van der Waals surface area contributed by atoms with Crippen molar-refractivity contribution in [2.24, 2.45) is 0 Å². The van der Waals surface area contributed by atoms with E-state index in [9.17, 15) is 9.59 Å². The Morgan fingerprint density at radius 2 is 1.75 bits per heavy atom. The highest BCUT2D eigenvalue weighted by Gasteiger charge is 2.24. The molecule has 0 radical (unpaired) electrons. The third-order valence-corrected chi connectivity index (χ3v) is 4.34. The van der Waals surface area contributed by atoms with Gasteiger partial charge in [0, 0.05) is 21.0 Å². The molecule has 0 bridgehead atoms. The average Bonchev–Trinajstić information content (AvgIpc) is 2.92. The zero-order chi connectivity index (χ0) is 17.3. The predicted octanol–water partition coefficient (Wildman–Crippen LogP) is 4.93. The number of esters is 1. The lowest BCUT2D eigenvalue weighted by Gasteiger charge is -2.11. The zero-order valence-electron chi connectivity index (χ0n) is 13.2. The third-order valence-electron chi connectivity index (χ3n) is 3.81. The van der Waals surface area contributed by atoms with Gasteiger partial charge in [-0.1, -0.05) is 46.3 Å². The van der Waals surface area contributed by atoms with E-state index in [1.807, 2.05) is 18.2 Å². The molecular formula is C19H15BrO4. The molecule has 0 saturated carbocycles. The van der Waals surface area contributed by atoms with Gasteiger partial charge in [0.05, 0.1) is 0 Å². The van der Waals surface area contributed by atoms with Crippen LogP contribution in [0.4, 0.5) is 0 Å². The summed E-state index contributed by atoms with van der Waals surface area (Å²) in [6.07, 6.45) is -0.897. The molecule has 3 rings (SSSR count). The van der Waals surface area contributed by atoms with Crippen LogP contribution < -0.4 is 0 Å². The van der Waals surface area contributed by atoms with Gasteiger partial charge in [-0.15, -0.1) is 0 Å². The normalized spacial score (nSPS) is 12.1. The van der Waals surface area contributed by atoms with E-state index >= 15 is 0 Å². The van der Waals surface area contributed by atoms with Crippen LogP contribution in [0.5, 0.6) is 0 Å². The van der Waals surface area contributed by atoms with E-state index in [0.29, 0.717) is 16.7 Å². The molecule has 1 heterocycles. The van der Waals surface area contributed by atoms with Gasteiger partial charge in [0.25, 0.3) is 0 Å². The van der Waals surface area contributed by atoms with Gasteiger partial charge in [-0.2, -0.15) is 0 Å².